The molecule has 0 aromatic heterocycles. The van der Waals surface area contributed by atoms with Crippen LogP contribution in [0.25, 0.3) is 0 Å². The van der Waals surface area contributed by atoms with Gasteiger partial charge in [0.1, 0.15) is 0 Å². The zero-order chi connectivity index (χ0) is 0. The molecule has 6 N–H and O–H groups in total. The molecule has 0 amide bonds. The van der Waals surface area contributed by atoms with E-state index < -0.39 is 0 Å². The molecule has 0 heterocycles. The van der Waals surface area contributed by atoms with E-state index in [1.807, 2.05) is 0 Å². The molecule has 0 radical (unpaired) electrons. The standard InChI is InChI=1S/2Al.3H2O.Pd.6H/h;;3*1H2;;;;;;;. The van der Waals surface area contributed by atoms with Crippen molar-refractivity contribution in [1.29, 1.82) is 0 Å². The minimum atomic E-state index is 0. The van der Waals surface area contributed by atoms with Gasteiger partial charge in [-0.3, -0.25) is 0 Å². The molecule has 6 heavy (non-hydrogen) atoms. The molecule has 46 valence electrons. The van der Waals surface area contributed by atoms with Crippen molar-refractivity contribution in [3.63, 3.8) is 0 Å². The quantitative estimate of drug-likeness (QED) is 0.366. The summed E-state index contributed by atoms with van der Waals surface area (Å²) < 4.78 is 0. The van der Waals surface area contributed by atoms with E-state index in [0.29, 0.717) is 0 Å². The molecular formula is H12Al2O3Pd. The maximum atomic E-state index is 0. The van der Waals surface area contributed by atoms with Gasteiger partial charge in [0.25, 0.3) is 0 Å². The Hall–Kier alpha value is 1.61. The molecule has 0 spiro atoms. The van der Waals surface area contributed by atoms with Crippen molar-refractivity contribution in [3.8, 4) is 0 Å². The van der Waals surface area contributed by atoms with Gasteiger partial charge in [-0.1, -0.05) is 0 Å². The minimum absolute atomic E-state index is 0. The normalized spacial score (nSPS) is 0. The second-order valence-corrected chi connectivity index (χ2v) is 0. The Morgan fingerprint density at radius 2 is 0.500 bits per heavy atom. The molecule has 6 heteroatoms. The molecule has 3 nitrogen and oxygen atoms in total. The first kappa shape index (κ1) is 129. The van der Waals surface area contributed by atoms with Crippen LogP contribution in [-0.2, 0) is 20.4 Å². The smallest absolute Gasteiger partial charge is 0.187 e. The summed E-state index contributed by atoms with van der Waals surface area (Å²) in [6.45, 7) is 0. The van der Waals surface area contributed by atoms with Crippen molar-refractivity contribution in [2.45, 2.75) is 0 Å². The molecule has 0 aliphatic rings. The molecule has 0 atom stereocenters. The average Bonchev–Trinajstić information content (AvgIpc) is 0. The Kier molecular flexibility index (Phi) is 1720. The van der Waals surface area contributed by atoms with Crippen molar-refractivity contribution in [1.82, 2.24) is 0 Å². The molecule has 0 saturated carbocycles. The van der Waals surface area contributed by atoms with Gasteiger partial charge in [-0.25, -0.2) is 0 Å². The summed E-state index contributed by atoms with van der Waals surface area (Å²) in [5.74, 6) is 0. The van der Waals surface area contributed by atoms with Crippen LogP contribution in [0, 0.1) is 0 Å². The van der Waals surface area contributed by atoms with E-state index in [1.54, 1.807) is 0 Å². The van der Waals surface area contributed by atoms with Crippen molar-refractivity contribution in [3.05, 3.63) is 0 Å². The number of rotatable bonds is 0. The van der Waals surface area contributed by atoms with E-state index in [2.05, 4.69) is 0 Å². The predicted octanol–water partition coefficient (Wildman–Crippen LogP) is -4.84. The van der Waals surface area contributed by atoms with E-state index in [-0.39, 0.29) is 71.6 Å². The summed E-state index contributed by atoms with van der Waals surface area (Å²) in [5.41, 5.74) is 0. The number of hydrogen-bond donors (Lipinski definition) is 0. The van der Waals surface area contributed by atoms with Gasteiger partial charge >= 0.3 is 0 Å². The number of hydrogen-bond acceptors (Lipinski definition) is 0. The first-order chi connectivity index (χ1) is 0. The fourth-order valence-electron chi connectivity index (χ4n) is 0. The topological polar surface area (TPSA) is 94.5 Å². The molecule has 0 rings (SSSR count). The Balaban J connectivity index is 0. The first-order valence-corrected chi connectivity index (χ1v) is 0. The summed E-state index contributed by atoms with van der Waals surface area (Å²) in [6, 6.07) is 0. The summed E-state index contributed by atoms with van der Waals surface area (Å²) in [5, 5.41) is 0. The Morgan fingerprint density at radius 1 is 0.500 bits per heavy atom. The van der Waals surface area contributed by atoms with Crippen LogP contribution in [-0.4, -0.2) is 51.2 Å². The first-order valence-electron chi connectivity index (χ1n) is 0. The fourth-order valence-corrected chi connectivity index (χ4v) is 0. The molecule has 0 aliphatic carbocycles. The maximum absolute atomic E-state index is 0. The molecule has 0 aromatic rings. The van der Waals surface area contributed by atoms with Crippen LogP contribution in [0.2, 0.25) is 0 Å². The van der Waals surface area contributed by atoms with E-state index in [1.165, 1.54) is 0 Å². The van der Waals surface area contributed by atoms with Gasteiger partial charge in [-0.05, 0) is 0 Å². The third-order valence-electron chi connectivity index (χ3n) is 0. The van der Waals surface area contributed by atoms with Crippen molar-refractivity contribution < 1.29 is 36.9 Å². The predicted molar refractivity (Wildman–Crippen MR) is 30.7 cm³/mol. The summed E-state index contributed by atoms with van der Waals surface area (Å²) >= 11 is 0. The summed E-state index contributed by atoms with van der Waals surface area (Å²) in [4.78, 5) is 0. The summed E-state index contributed by atoms with van der Waals surface area (Å²) in [7, 11) is 0. The zero-order valence-electron chi connectivity index (χ0n) is 1.82. The fraction of sp³-hybridized carbons (Fsp3) is 0. The van der Waals surface area contributed by atoms with Crippen LogP contribution in [0.4, 0.5) is 0 Å². The monoisotopic (exact) mass is 220 g/mol. The van der Waals surface area contributed by atoms with Gasteiger partial charge in [0.15, 0.2) is 34.7 Å². The molecule has 0 aliphatic heterocycles. The van der Waals surface area contributed by atoms with Gasteiger partial charge < -0.3 is 16.4 Å². The molecule has 0 fully saturated rings. The van der Waals surface area contributed by atoms with E-state index in [9.17, 15) is 0 Å². The maximum Gasteiger partial charge on any atom is 0.187 e. The largest absolute Gasteiger partial charge is 0.412 e. The van der Waals surface area contributed by atoms with Gasteiger partial charge in [0.05, 0.1) is 0 Å². The molecule has 0 saturated heterocycles. The van der Waals surface area contributed by atoms with Crippen molar-refractivity contribution in [2.75, 3.05) is 0 Å². The van der Waals surface area contributed by atoms with Crippen LogP contribution in [0.3, 0.4) is 0 Å². The van der Waals surface area contributed by atoms with Gasteiger partial charge in [-0.2, -0.15) is 0 Å². The third kappa shape index (κ3) is 46.1. The van der Waals surface area contributed by atoms with Gasteiger partial charge in [0.2, 0.25) is 0 Å². The van der Waals surface area contributed by atoms with E-state index >= 15 is 0 Å². The van der Waals surface area contributed by atoms with Crippen LogP contribution in [0.15, 0.2) is 0 Å². The summed E-state index contributed by atoms with van der Waals surface area (Å²) in [6.07, 6.45) is 0. The Bertz CT molecular complexity index is 8.75. The van der Waals surface area contributed by atoms with E-state index in [4.69, 9.17) is 0 Å². The zero-order valence-corrected chi connectivity index (χ0v) is 3.37. The third-order valence-corrected chi connectivity index (χ3v) is 0. The van der Waals surface area contributed by atoms with Crippen molar-refractivity contribution >= 4 is 34.7 Å². The Morgan fingerprint density at radius 3 is 0.500 bits per heavy atom. The van der Waals surface area contributed by atoms with E-state index in [0.717, 1.165) is 0 Å². The molecule has 0 bridgehead atoms. The van der Waals surface area contributed by atoms with Gasteiger partial charge in [-0.15, -0.1) is 0 Å². The molecule has 0 aromatic carbocycles. The molecule has 0 unspecified atom stereocenters. The van der Waals surface area contributed by atoms with Crippen LogP contribution >= 0.6 is 0 Å². The second kappa shape index (κ2) is 80.4. The minimum Gasteiger partial charge on any atom is -0.412 e. The van der Waals surface area contributed by atoms with Crippen LogP contribution in [0.5, 0.6) is 0 Å². The average molecular weight is 220 g/mol. The molecular weight excluding hydrogens is 208 g/mol. The van der Waals surface area contributed by atoms with Gasteiger partial charge in [0, 0.05) is 20.4 Å². The van der Waals surface area contributed by atoms with Crippen LogP contribution in [0.1, 0.15) is 0 Å². The van der Waals surface area contributed by atoms with Crippen molar-refractivity contribution in [2.24, 2.45) is 0 Å². The van der Waals surface area contributed by atoms with Crippen LogP contribution < -0.4 is 0 Å². The second-order valence-electron chi connectivity index (χ2n) is 0. The SMILES string of the molecule is O.O.O.[AlH3].[AlH3].[Pd]. The Labute approximate surface area is 71.3 Å².